The molecule has 2 heterocycles. The molecule has 0 saturated carbocycles. The Morgan fingerprint density at radius 2 is 1.55 bits per heavy atom. The molecule has 0 fully saturated rings. The molecule has 0 unspecified atom stereocenters. The van der Waals surface area contributed by atoms with Crippen molar-refractivity contribution >= 4 is 28.2 Å². The molecule has 44 heavy (non-hydrogen) atoms. The molecule has 0 amide bonds. The van der Waals surface area contributed by atoms with E-state index in [9.17, 15) is 9.18 Å². The Hall–Kier alpha value is -5.70. The molecule has 8 nitrogen and oxygen atoms in total. The largest absolute Gasteiger partial charge is 0.481 e. The van der Waals surface area contributed by atoms with Crippen LogP contribution in [0.15, 0.2) is 109 Å². The van der Waals surface area contributed by atoms with Crippen LogP contribution >= 0.6 is 0 Å². The predicted molar refractivity (Wildman–Crippen MR) is 167 cm³/mol. The topological polar surface area (TPSA) is 98.5 Å². The van der Waals surface area contributed by atoms with Crippen LogP contribution in [0.2, 0.25) is 0 Å². The first-order valence-corrected chi connectivity index (χ1v) is 14.0. The molecule has 0 spiro atoms. The number of hydrogen-bond donors (Lipinski definition) is 2. The maximum atomic E-state index is 14.7. The minimum atomic E-state index is -1.01. The molecule has 4 aromatic carbocycles. The number of nitrogens with one attached hydrogen (secondary N) is 1. The molecule has 0 saturated heterocycles. The summed E-state index contributed by atoms with van der Waals surface area (Å²) in [6.07, 6.45) is -0.243. The molecule has 0 atom stereocenters. The summed E-state index contributed by atoms with van der Waals surface area (Å²) in [4.78, 5) is 15.7. The summed E-state index contributed by atoms with van der Waals surface area (Å²) in [6.45, 7) is 0.690. The van der Waals surface area contributed by atoms with Crippen LogP contribution in [0.4, 0.5) is 15.8 Å². The fraction of sp³-hybridized carbons (Fsp3) is 0.114. The number of anilines is 2. The number of rotatable bonds is 11. The van der Waals surface area contributed by atoms with Gasteiger partial charge < -0.3 is 19.9 Å². The minimum Gasteiger partial charge on any atom is -0.481 e. The third-order valence-corrected chi connectivity index (χ3v) is 7.06. The minimum absolute atomic E-state index is 0.243. The highest BCUT2D eigenvalue weighted by Gasteiger charge is 2.19. The Labute approximate surface area is 253 Å². The van der Waals surface area contributed by atoms with Crippen LogP contribution < -0.4 is 14.8 Å². The highest BCUT2D eigenvalue weighted by atomic mass is 19.1. The van der Waals surface area contributed by atoms with E-state index >= 15 is 0 Å². The molecule has 2 aromatic heterocycles. The first-order valence-electron chi connectivity index (χ1n) is 14.0. The Kier molecular flexibility index (Phi) is 8.18. The van der Waals surface area contributed by atoms with Gasteiger partial charge in [0.15, 0.2) is 0 Å². The molecule has 6 rings (SSSR count). The van der Waals surface area contributed by atoms with Gasteiger partial charge in [-0.2, -0.15) is 10.1 Å². The molecule has 220 valence electrons. The van der Waals surface area contributed by atoms with Gasteiger partial charge in [0.05, 0.1) is 23.2 Å². The predicted octanol–water partition coefficient (Wildman–Crippen LogP) is 7.30. The van der Waals surface area contributed by atoms with Crippen LogP contribution in [-0.4, -0.2) is 25.8 Å². The summed E-state index contributed by atoms with van der Waals surface area (Å²) in [7, 11) is 1.84. The zero-order valence-corrected chi connectivity index (χ0v) is 23.9. The summed E-state index contributed by atoms with van der Waals surface area (Å²) in [5.74, 6) is -0.718. The number of aryl methyl sites for hydroxylation is 1. The van der Waals surface area contributed by atoms with Crippen molar-refractivity contribution in [3.05, 3.63) is 132 Å². The van der Waals surface area contributed by atoms with E-state index in [1.165, 1.54) is 12.1 Å². The van der Waals surface area contributed by atoms with E-state index in [1.54, 1.807) is 16.8 Å². The van der Waals surface area contributed by atoms with Gasteiger partial charge in [0.25, 0.3) is 0 Å². The zero-order chi connectivity index (χ0) is 30.5. The molecule has 2 N–H and O–H groups in total. The standard InChI is InChI=1S/C35H29FN4O4/c1-40-31-20-26(37-30-16-12-25(18-29(30)36)19-33(41)42)13-14-27(31)34(39-40)28-15-17-32(43-21-23-8-4-2-5-9-23)38-35(28)44-22-24-10-6-3-7-11-24/h2-18,20,37H,19,21-22H2,1H3,(H,41,42). The lowest BCUT2D eigenvalue weighted by atomic mass is 10.1. The first-order chi connectivity index (χ1) is 21.4. The average molecular weight is 589 g/mol. The van der Waals surface area contributed by atoms with E-state index in [1.807, 2.05) is 92.0 Å². The van der Waals surface area contributed by atoms with E-state index in [2.05, 4.69) is 5.32 Å². The van der Waals surface area contributed by atoms with Gasteiger partial charge in [0.2, 0.25) is 11.8 Å². The smallest absolute Gasteiger partial charge is 0.307 e. The van der Waals surface area contributed by atoms with Gasteiger partial charge >= 0.3 is 5.97 Å². The van der Waals surface area contributed by atoms with E-state index < -0.39 is 11.8 Å². The SMILES string of the molecule is Cn1nc(-c2ccc(OCc3ccccc3)nc2OCc2ccccc2)c2ccc(Nc3ccc(CC(=O)O)cc3F)cc21. The van der Waals surface area contributed by atoms with Crippen LogP contribution in [0, 0.1) is 5.82 Å². The van der Waals surface area contributed by atoms with Crippen molar-refractivity contribution in [2.24, 2.45) is 7.05 Å². The number of pyridine rings is 1. The highest BCUT2D eigenvalue weighted by Crippen LogP contribution is 2.36. The molecule has 0 aliphatic heterocycles. The lowest BCUT2D eigenvalue weighted by Crippen LogP contribution is -2.02. The summed E-state index contributed by atoms with van der Waals surface area (Å²) in [5.41, 5.74) is 5.52. The second kappa shape index (κ2) is 12.7. The van der Waals surface area contributed by atoms with E-state index in [4.69, 9.17) is 24.7 Å². The molecular formula is C35H29FN4O4. The maximum Gasteiger partial charge on any atom is 0.307 e. The van der Waals surface area contributed by atoms with Crippen molar-refractivity contribution in [1.82, 2.24) is 14.8 Å². The van der Waals surface area contributed by atoms with Crippen LogP contribution in [0.1, 0.15) is 16.7 Å². The summed E-state index contributed by atoms with van der Waals surface area (Å²) < 4.78 is 28.7. The number of halogens is 1. The molecule has 0 aliphatic rings. The number of carbonyl (C=O) groups is 1. The molecule has 0 radical (unpaired) electrons. The number of aliphatic carboxylic acids is 1. The summed E-state index contributed by atoms with van der Waals surface area (Å²) in [6, 6.07) is 33.4. The van der Waals surface area contributed by atoms with Gasteiger partial charge in [-0.25, -0.2) is 4.39 Å². The first kappa shape index (κ1) is 28.4. The van der Waals surface area contributed by atoms with Crippen molar-refractivity contribution in [1.29, 1.82) is 0 Å². The normalized spacial score (nSPS) is 11.0. The Morgan fingerprint density at radius 3 is 2.23 bits per heavy atom. The zero-order valence-electron chi connectivity index (χ0n) is 23.9. The Morgan fingerprint density at radius 1 is 0.841 bits per heavy atom. The lowest BCUT2D eigenvalue weighted by molar-refractivity contribution is -0.136. The van der Waals surface area contributed by atoms with Gasteiger partial charge in [-0.3, -0.25) is 9.48 Å². The number of fused-ring (bicyclic) bond motifs is 1. The third-order valence-electron chi connectivity index (χ3n) is 7.06. The van der Waals surface area contributed by atoms with Gasteiger partial charge in [-0.05, 0) is 53.1 Å². The van der Waals surface area contributed by atoms with E-state index in [-0.39, 0.29) is 12.1 Å². The summed E-state index contributed by atoms with van der Waals surface area (Å²) >= 11 is 0. The van der Waals surface area contributed by atoms with Gasteiger partial charge in [0.1, 0.15) is 24.7 Å². The van der Waals surface area contributed by atoms with Crippen molar-refractivity contribution in [2.75, 3.05) is 5.32 Å². The fourth-order valence-corrected chi connectivity index (χ4v) is 4.89. The Balaban J connectivity index is 1.30. The van der Waals surface area contributed by atoms with Gasteiger partial charge in [-0.1, -0.05) is 66.7 Å². The average Bonchev–Trinajstić information content (AvgIpc) is 3.36. The molecule has 6 aromatic rings. The molecule has 0 aliphatic carbocycles. The van der Waals surface area contributed by atoms with Crippen LogP contribution in [0.25, 0.3) is 22.2 Å². The number of hydrogen-bond acceptors (Lipinski definition) is 6. The molecular weight excluding hydrogens is 559 g/mol. The lowest BCUT2D eigenvalue weighted by Gasteiger charge is -2.13. The molecule has 0 bridgehead atoms. The van der Waals surface area contributed by atoms with E-state index in [0.717, 1.165) is 22.0 Å². The molecule has 9 heteroatoms. The fourth-order valence-electron chi connectivity index (χ4n) is 4.89. The number of ether oxygens (including phenoxy) is 2. The second-order valence-electron chi connectivity index (χ2n) is 10.3. The number of nitrogens with zero attached hydrogens (tertiary/aromatic N) is 3. The highest BCUT2D eigenvalue weighted by molar-refractivity contribution is 5.96. The van der Waals surface area contributed by atoms with Crippen LogP contribution in [0.3, 0.4) is 0 Å². The van der Waals surface area contributed by atoms with Crippen LogP contribution in [0.5, 0.6) is 11.8 Å². The van der Waals surface area contributed by atoms with Crippen molar-refractivity contribution in [3.63, 3.8) is 0 Å². The number of benzene rings is 4. The van der Waals surface area contributed by atoms with Crippen molar-refractivity contribution in [2.45, 2.75) is 19.6 Å². The third kappa shape index (κ3) is 6.52. The number of carboxylic acids is 1. The van der Waals surface area contributed by atoms with E-state index in [0.29, 0.717) is 47.5 Å². The Bertz CT molecular complexity index is 1930. The summed E-state index contributed by atoms with van der Waals surface area (Å²) in [5, 5.41) is 17.7. The maximum absolute atomic E-state index is 14.7. The van der Waals surface area contributed by atoms with Gasteiger partial charge in [-0.15, -0.1) is 0 Å². The quantitative estimate of drug-likeness (QED) is 0.164. The second-order valence-corrected chi connectivity index (χ2v) is 10.3. The van der Waals surface area contributed by atoms with Gasteiger partial charge in [0, 0.05) is 24.2 Å². The van der Waals surface area contributed by atoms with Crippen molar-refractivity contribution in [3.8, 4) is 23.0 Å². The van der Waals surface area contributed by atoms with Crippen molar-refractivity contribution < 1.29 is 23.8 Å². The monoisotopic (exact) mass is 588 g/mol. The number of aromatic nitrogens is 3. The number of carboxylic acid groups (broad SMARTS) is 1. The van der Waals surface area contributed by atoms with Crippen LogP contribution in [-0.2, 0) is 31.5 Å².